The first-order chi connectivity index (χ1) is 17.4. The molecule has 2 atom stereocenters. The molecule has 1 saturated heterocycles. The summed E-state index contributed by atoms with van der Waals surface area (Å²) in [5.41, 5.74) is 1.10. The Bertz CT molecular complexity index is 1230. The number of halogens is 1. The topological polar surface area (TPSA) is 129 Å². The zero-order valence-electron chi connectivity index (χ0n) is 19.8. The van der Waals surface area contributed by atoms with Gasteiger partial charge in [0, 0.05) is 19.3 Å². The highest BCUT2D eigenvalue weighted by Gasteiger charge is 2.41. The highest BCUT2D eigenvalue weighted by atomic mass is 19.1. The van der Waals surface area contributed by atoms with Crippen LogP contribution in [0.4, 0.5) is 4.39 Å². The van der Waals surface area contributed by atoms with Gasteiger partial charge in [-0.1, -0.05) is 23.4 Å². The van der Waals surface area contributed by atoms with E-state index in [-0.39, 0.29) is 36.1 Å². The maximum Gasteiger partial charge on any atom is 0.361 e. The van der Waals surface area contributed by atoms with E-state index in [0.29, 0.717) is 18.8 Å². The molecule has 3 heterocycles. The summed E-state index contributed by atoms with van der Waals surface area (Å²) in [5, 5.41) is 10.8. The van der Waals surface area contributed by atoms with Gasteiger partial charge in [0.1, 0.15) is 5.82 Å². The summed E-state index contributed by atoms with van der Waals surface area (Å²) in [6, 6.07) is 10.4. The second-order valence-electron chi connectivity index (χ2n) is 8.21. The Morgan fingerprint density at radius 1 is 1.08 bits per heavy atom. The second-order valence-corrected chi connectivity index (χ2v) is 8.21. The zero-order chi connectivity index (χ0) is 25.7. The molecule has 0 bridgehead atoms. The van der Waals surface area contributed by atoms with Crippen molar-refractivity contribution in [2.24, 2.45) is 0 Å². The highest BCUT2D eigenvalue weighted by molar-refractivity contribution is 6.00. The van der Waals surface area contributed by atoms with E-state index in [1.54, 1.807) is 30.5 Å². The molecule has 3 aromatic rings. The minimum Gasteiger partial charge on any atom is -0.464 e. The Balaban J connectivity index is 1.60. The van der Waals surface area contributed by atoms with E-state index in [2.05, 4.69) is 20.6 Å². The van der Waals surface area contributed by atoms with E-state index in [4.69, 9.17) is 9.47 Å². The predicted molar refractivity (Wildman–Crippen MR) is 123 cm³/mol. The van der Waals surface area contributed by atoms with Crippen LogP contribution in [0.15, 0.2) is 48.7 Å². The fourth-order valence-corrected chi connectivity index (χ4v) is 4.20. The zero-order valence-corrected chi connectivity index (χ0v) is 19.8. The number of ether oxygens (including phenoxy) is 2. The van der Waals surface area contributed by atoms with Crippen molar-refractivity contribution in [3.63, 3.8) is 0 Å². The molecule has 0 spiro atoms. The SMILES string of the molecule is COC(=O)c1nnn([C@H]2C[C@@H](C(=O)NCc3ccccn3)N(Cc3ccc(F)cc3)C2)c1C(=O)OC. The van der Waals surface area contributed by atoms with Crippen molar-refractivity contribution in [1.82, 2.24) is 30.2 Å². The van der Waals surface area contributed by atoms with Gasteiger partial charge >= 0.3 is 11.9 Å². The smallest absolute Gasteiger partial charge is 0.361 e. The first-order valence-electron chi connectivity index (χ1n) is 11.2. The van der Waals surface area contributed by atoms with Crippen LogP contribution in [0.5, 0.6) is 0 Å². The molecule has 0 radical (unpaired) electrons. The minimum atomic E-state index is -0.826. The molecular weight excluding hydrogens is 471 g/mol. The number of carbonyl (C=O) groups excluding carboxylic acids is 3. The van der Waals surface area contributed by atoms with Crippen LogP contribution in [0.2, 0.25) is 0 Å². The molecule has 0 aliphatic carbocycles. The lowest BCUT2D eigenvalue weighted by Gasteiger charge is -2.23. The number of carbonyl (C=O) groups is 3. The van der Waals surface area contributed by atoms with Crippen molar-refractivity contribution in [1.29, 1.82) is 0 Å². The number of hydrogen-bond donors (Lipinski definition) is 1. The number of pyridine rings is 1. The molecule has 2 aromatic heterocycles. The fourth-order valence-electron chi connectivity index (χ4n) is 4.20. The Labute approximate surface area is 206 Å². The summed E-state index contributed by atoms with van der Waals surface area (Å²) in [4.78, 5) is 44.0. The van der Waals surface area contributed by atoms with Gasteiger partial charge < -0.3 is 14.8 Å². The molecule has 36 heavy (non-hydrogen) atoms. The Morgan fingerprint density at radius 3 is 2.50 bits per heavy atom. The average Bonchev–Trinajstić information content (AvgIpc) is 3.53. The maximum atomic E-state index is 13.4. The fraction of sp³-hybridized carbons (Fsp3) is 0.333. The van der Waals surface area contributed by atoms with Crippen molar-refractivity contribution >= 4 is 17.8 Å². The molecule has 0 unspecified atom stereocenters. The lowest BCUT2D eigenvalue weighted by molar-refractivity contribution is -0.125. The quantitative estimate of drug-likeness (QED) is 0.462. The van der Waals surface area contributed by atoms with Crippen molar-refractivity contribution in [2.45, 2.75) is 31.6 Å². The monoisotopic (exact) mass is 496 g/mol. The van der Waals surface area contributed by atoms with Crippen LogP contribution < -0.4 is 5.32 Å². The second kappa shape index (κ2) is 11.0. The van der Waals surface area contributed by atoms with Crippen molar-refractivity contribution < 1.29 is 28.2 Å². The largest absolute Gasteiger partial charge is 0.464 e. The van der Waals surface area contributed by atoms with E-state index >= 15 is 0 Å². The average molecular weight is 496 g/mol. The number of benzene rings is 1. The first kappa shape index (κ1) is 24.9. The van der Waals surface area contributed by atoms with Gasteiger partial charge in [-0.05, 0) is 36.2 Å². The highest BCUT2D eigenvalue weighted by Crippen LogP contribution is 2.30. The first-order valence-corrected chi connectivity index (χ1v) is 11.2. The predicted octanol–water partition coefficient (Wildman–Crippen LogP) is 1.52. The minimum absolute atomic E-state index is 0.148. The number of nitrogens with zero attached hydrogens (tertiary/aromatic N) is 5. The van der Waals surface area contributed by atoms with Crippen molar-refractivity contribution in [3.05, 3.63) is 77.1 Å². The van der Waals surface area contributed by atoms with Gasteiger partial charge in [0.05, 0.1) is 38.5 Å². The van der Waals surface area contributed by atoms with Crippen LogP contribution in [-0.4, -0.2) is 69.5 Å². The van der Waals surface area contributed by atoms with E-state index < -0.39 is 24.0 Å². The number of methoxy groups -OCH3 is 2. The molecule has 188 valence electrons. The van der Waals surface area contributed by atoms with E-state index in [9.17, 15) is 18.8 Å². The van der Waals surface area contributed by atoms with Crippen LogP contribution in [0.1, 0.15) is 44.7 Å². The molecule has 1 aliphatic heterocycles. The third-order valence-electron chi connectivity index (χ3n) is 5.95. The number of aromatic nitrogens is 4. The summed E-state index contributed by atoms with van der Waals surface area (Å²) >= 11 is 0. The van der Waals surface area contributed by atoms with Crippen molar-refractivity contribution in [2.75, 3.05) is 20.8 Å². The third kappa shape index (κ3) is 5.38. The van der Waals surface area contributed by atoms with E-state index in [1.807, 2.05) is 11.0 Å². The Kier molecular flexibility index (Phi) is 7.64. The summed E-state index contributed by atoms with van der Waals surface area (Å²) in [5.74, 6) is -2.22. The van der Waals surface area contributed by atoms with Crippen molar-refractivity contribution in [3.8, 4) is 0 Å². The molecule has 1 aromatic carbocycles. The van der Waals surface area contributed by atoms with Crippen LogP contribution in [0, 0.1) is 5.82 Å². The summed E-state index contributed by atoms with van der Waals surface area (Å²) in [6.45, 7) is 0.909. The summed E-state index contributed by atoms with van der Waals surface area (Å²) in [7, 11) is 2.36. The maximum absolute atomic E-state index is 13.4. The number of likely N-dealkylation sites (tertiary alicyclic amines) is 1. The molecule has 1 aliphatic rings. The summed E-state index contributed by atoms with van der Waals surface area (Å²) in [6.07, 6.45) is 1.93. The number of hydrogen-bond acceptors (Lipinski definition) is 9. The van der Waals surface area contributed by atoms with E-state index in [1.165, 1.54) is 31.0 Å². The number of nitrogens with one attached hydrogen (secondary N) is 1. The van der Waals surface area contributed by atoms with Gasteiger partial charge in [-0.15, -0.1) is 5.10 Å². The van der Waals surface area contributed by atoms with Crippen LogP contribution in [0.3, 0.4) is 0 Å². The molecule has 1 fully saturated rings. The standard InChI is InChI=1S/C24H25FN6O5/c1-35-23(33)20-21(24(34)36-2)31(29-28-20)18-11-19(22(32)27-12-17-5-3-4-10-26-17)30(14-18)13-15-6-8-16(25)9-7-15/h3-10,18-19H,11-14H2,1-2H3,(H,27,32)/t18-,19-/m0/s1. The Morgan fingerprint density at radius 2 is 1.83 bits per heavy atom. The van der Waals surface area contributed by atoms with Crippen LogP contribution >= 0.6 is 0 Å². The van der Waals surface area contributed by atoms with Gasteiger partial charge in [0.15, 0.2) is 5.69 Å². The number of esters is 2. The molecule has 11 nitrogen and oxygen atoms in total. The molecule has 0 saturated carbocycles. The van der Waals surface area contributed by atoms with Gasteiger partial charge in [-0.2, -0.15) is 0 Å². The van der Waals surface area contributed by atoms with Gasteiger partial charge in [0.25, 0.3) is 0 Å². The normalized spacial score (nSPS) is 17.5. The number of rotatable bonds is 8. The van der Waals surface area contributed by atoms with Gasteiger partial charge in [-0.25, -0.2) is 18.7 Å². The molecule has 4 rings (SSSR count). The lowest BCUT2D eigenvalue weighted by Crippen LogP contribution is -2.42. The molecule has 1 N–H and O–H groups in total. The lowest BCUT2D eigenvalue weighted by atomic mass is 10.1. The summed E-state index contributed by atoms with van der Waals surface area (Å²) < 4.78 is 24.3. The van der Waals surface area contributed by atoms with Gasteiger partial charge in [-0.3, -0.25) is 14.7 Å². The third-order valence-corrected chi connectivity index (χ3v) is 5.95. The van der Waals surface area contributed by atoms with Crippen LogP contribution in [0.25, 0.3) is 0 Å². The van der Waals surface area contributed by atoms with Crippen LogP contribution in [-0.2, 0) is 27.4 Å². The number of amides is 1. The Hall–Kier alpha value is -4.19. The molecular formula is C24H25FN6O5. The molecule has 1 amide bonds. The molecule has 12 heteroatoms. The van der Waals surface area contributed by atoms with Gasteiger partial charge in [0.2, 0.25) is 11.6 Å². The van der Waals surface area contributed by atoms with E-state index in [0.717, 1.165) is 5.56 Å².